The van der Waals surface area contributed by atoms with Crippen LogP contribution in [-0.2, 0) is 0 Å². The second-order valence-corrected chi connectivity index (χ2v) is 6.81. The number of hydrogen-bond donors (Lipinski definition) is 2. The maximum atomic E-state index is 13.5. The monoisotopic (exact) mass is 398 g/mol. The number of nitrogens with one attached hydrogen (secondary N) is 2. The van der Waals surface area contributed by atoms with Crippen LogP contribution in [0.5, 0.6) is 0 Å². The lowest BCUT2D eigenvalue weighted by Crippen LogP contribution is -2.12. The van der Waals surface area contributed by atoms with Gasteiger partial charge in [0.2, 0.25) is 0 Å². The van der Waals surface area contributed by atoms with Crippen molar-refractivity contribution >= 4 is 23.1 Å². The summed E-state index contributed by atoms with van der Waals surface area (Å²) < 4.78 is 13.5. The summed E-state index contributed by atoms with van der Waals surface area (Å²) in [5.41, 5.74) is 3.62. The van der Waals surface area contributed by atoms with Gasteiger partial charge >= 0.3 is 0 Å². The predicted octanol–water partition coefficient (Wildman–Crippen LogP) is 5.59. The third kappa shape index (κ3) is 4.67. The fourth-order valence-electron chi connectivity index (χ4n) is 3.01. The SMILES string of the molecule is Cc1cccc(NC(=O)c2cccc(Nc3ccnc(-c4cccc(F)c4)n3)c2)c1. The molecule has 148 valence electrons. The number of amides is 1. The molecule has 2 N–H and O–H groups in total. The van der Waals surface area contributed by atoms with Crippen molar-refractivity contribution in [2.75, 3.05) is 10.6 Å². The van der Waals surface area contributed by atoms with Crippen molar-refractivity contribution in [3.63, 3.8) is 0 Å². The molecule has 0 unspecified atom stereocenters. The van der Waals surface area contributed by atoms with Gasteiger partial charge in [-0.25, -0.2) is 14.4 Å². The first kappa shape index (κ1) is 19.3. The lowest BCUT2D eigenvalue weighted by atomic mass is 10.1. The first-order chi connectivity index (χ1) is 14.6. The molecule has 4 aromatic rings. The van der Waals surface area contributed by atoms with Gasteiger partial charge in [-0.15, -0.1) is 0 Å². The van der Waals surface area contributed by atoms with Gasteiger partial charge in [0.05, 0.1) is 0 Å². The molecule has 1 amide bonds. The molecule has 3 aromatic carbocycles. The van der Waals surface area contributed by atoms with E-state index in [-0.39, 0.29) is 11.7 Å². The van der Waals surface area contributed by atoms with Gasteiger partial charge in [0.25, 0.3) is 5.91 Å². The van der Waals surface area contributed by atoms with Crippen LogP contribution < -0.4 is 10.6 Å². The molecular weight excluding hydrogens is 379 g/mol. The Hall–Kier alpha value is -4.06. The van der Waals surface area contributed by atoms with Crippen LogP contribution in [0, 0.1) is 12.7 Å². The van der Waals surface area contributed by atoms with Gasteiger partial charge in [-0.2, -0.15) is 0 Å². The number of nitrogens with zero attached hydrogens (tertiary/aromatic N) is 2. The minimum atomic E-state index is -0.346. The van der Waals surface area contributed by atoms with Crippen molar-refractivity contribution in [1.82, 2.24) is 9.97 Å². The highest BCUT2D eigenvalue weighted by Gasteiger charge is 2.09. The van der Waals surface area contributed by atoms with E-state index >= 15 is 0 Å². The maximum Gasteiger partial charge on any atom is 0.255 e. The van der Waals surface area contributed by atoms with Crippen LogP contribution in [0.2, 0.25) is 0 Å². The van der Waals surface area contributed by atoms with Gasteiger partial charge in [0.15, 0.2) is 5.82 Å². The number of halogens is 1. The van der Waals surface area contributed by atoms with Gasteiger partial charge < -0.3 is 10.6 Å². The van der Waals surface area contributed by atoms with Crippen LogP contribution in [0.15, 0.2) is 85.1 Å². The molecule has 0 aliphatic heterocycles. The zero-order chi connectivity index (χ0) is 20.9. The summed E-state index contributed by atoms with van der Waals surface area (Å²) in [5.74, 6) is 0.405. The van der Waals surface area contributed by atoms with Crippen LogP contribution in [-0.4, -0.2) is 15.9 Å². The van der Waals surface area contributed by atoms with Crippen LogP contribution >= 0.6 is 0 Å². The molecule has 1 heterocycles. The molecule has 0 bridgehead atoms. The Kier molecular flexibility index (Phi) is 5.48. The van der Waals surface area contributed by atoms with Crippen LogP contribution in [0.1, 0.15) is 15.9 Å². The van der Waals surface area contributed by atoms with E-state index in [2.05, 4.69) is 20.6 Å². The highest BCUT2D eigenvalue weighted by molar-refractivity contribution is 6.04. The summed E-state index contributed by atoms with van der Waals surface area (Å²) in [6, 6.07) is 22.6. The Morgan fingerprint density at radius 2 is 1.70 bits per heavy atom. The number of anilines is 3. The topological polar surface area (TPSA) is 66.9 Å². The predicted molar refractivity (Wildman–Crippen MR) is 116 cm³/mol. The van der Waals surface area contributed by atoms with Crippen LogP contribution in [0.25, 0.3) is 11.4 Å². The average molecular weight is 398 g/mol. The van der Waals surface area contributed by atoms with Crippen LogP contribution in [0.4, 0.5) is 21.6 Å². The molecule has 0 fully saturated rings. The van der Waals surface area contributed by atoms with E-state index in [1.54, 1.807) is 42.6 Å². The van der Waals surface area contributed by atoms with Crippen LogP contribution in [0.3, 0.4) is 0 Å². The van der Waals surface area contributed by atoms with Gasteiger partial charge in [-0.05, 0) is 61.0 Å². The number of carbonyl (C=O) groups excluding carboxylic acids is 1. The fraction of sp³-hybridized carbons (Fsp3) is 0.0417. The fourth-order valence-corrected chi connectivity index (χ4v) is 3.01. The number of aromatic nitrogens is 2. The lowest BCUT2D eigenvalue weighted by Gasteiger charge is -2.10. The standard InChI is InChI=1S/C24H19FN4O/c1-16-5-2-9-20(13-16)28-24(30)18-7-4-10-21(15-18)27-22-11-12-26-23(29-22)17-6-3-8-19(25)14-17/h2-15H,1H3,(H,28,30)(H,26,27,29). The molecule has 4 rings (SSSR count). The average Bonchev–Trinajstić information content (AvgIpc) is 2.74. The highest BCUT2D eigenvalue weighted by Crippen LogP contribution is 2.21. The molecule has 0 spiro atoms. The Balaban J connectivity index is 1.52. The van der Waals surface area contributed by atoms with E-state index in [0.717, 1.165) is 11.3 Å². The molecule has 0 aliphatic rings. The van der Waals surface area contributed by atoms with Gasteiger partial charge in [0, 0.05) is 28.7 Å². The molecule has 6 heteroatoms. The first-order valence-corrected chi connectivity index (χ1v) is 9.41. The van der Waals surface area contributed by atoms with Gasteiger partial charge in [-0.1, -0.05) is 30.3 Å². The maximum absolute atomic E-state index is 13.5. The van der Waals surface area contributed by atoms with Crippen molar-refractivity contribution in [2.45, 2.75) is 6.92 Å². The molecule has 0 atom stereocenters. The third-order valence-corrected chi connectivity index (χ3v) is 4.41. The highest BCUT2D eigenvalue weighted by atomic mass is 19.1. The second-order valence-electron chi connectivity index (χ2n) is 6.81. The normalized spacial score (nSPS) is 10.5. The molecule has 0 aliphatic carbocycles. The molecule has 0 saturated heterocycles. The zero-order valence-electron chi connectivity index (χ0n) is 16.3. The van der Waals surface area contributed by atoms with E-state index in [1.165, 1.54) is 12.1 Å². The van der Waals surface area contributed by atoms with E-state index in [9.17, 15) is 9.18 Å². The lowest BCUT2D eigenvalue weighted by molar-refractivity contribution is 0.102. The minimum absolute atomic E-state index is 0.201. The quantitative estimate of drug-likeness (QED) is 0.460. The van der Waals surface area contributed by atoms with Crippen molar-refractivity contribution in [1.29, 1.82) is 0 Å². The van der Waals surface area contributed by atoms with Gasteiger partial charge in [0.1, 0.15) is 11.6 Å². The largest absolute Gasteiger partial charge is 0.340 e. The molecule has 30 heavy (non-hydrogen) atoms. The van der Waals surface area contributed by atoms with Crippen molar-refractivity contribution in [2.24, 2.45) is 0 Å². The summed E-state index contributed by atoms with van der Waals surface area (Å²) >= 11 is 0. The summed E-state index contributed by atoms with van der Waals surface area (Å²) in [7, 11) is 0. The Morgan fingerprint density at radius 1 is 0.900 bits per heavy atom. The van der Waals surface area contributed by atoms with E-state index in [4.69, 9.17) is 0 Å². The molecule has 0 saturated carbocycles. The van der Waals surface area contributed by atoms with E-state index < -0.39 is 0 Å². The minimum Gasteiger partial charge on any atom is -0.340 e. The third-order valence-electron chi connectivity index (χ3n) is 4.41. The molecule has 0 radical (unpaired) electrons. The Bertz CT molecular complexity index is 1210. The summed E-state index contributed by atoms with van der Waals surface area (Å²) in [6.45, 7) is 1.97. The van der Waals surface area contributed by atoms with E-state index in [0.29, 0.717) is 28.5 Å². The molecule has 5 nitrogen and oxygen atoms in total. The number of benzene rings is 3. The number of carbonyl (C=O) groups is 1. The van der Waals surface area contributed by atoms with Crippen molar-refractivity contribution < 1.29 is 9.18 Å². The number of hydrogen-bond acceptors (Lipinski definition) is 4. The number of aryl methyl sites for hydroxylation is 1. The zero-order valence-corrected chi connectivity index (χ0v) is 16.3. The van der Waals surface area contributed by atoms with E-state index in [1.807, 2.05) is 37.3 Å². The molecular formula is C24H19FN4O. The number of rotatable bonds is 5. The molecule has 1 aromatic heterocycles. The van der Waals surface area contributed by atoms with Gasteiger partial charge in [-0.3, -0.25) is 4.79 Å². The summed E-state index contributed by atoms with van der Waals surface area (Å²) in [4.78, 5) is 21.3. The summed E-state index contributed by atoms with van der Waals surface area (Å²) in [5, 5.41) is 6.07. The van der Waals surface area contributed by atoms with Crippen molar-refractivity contribution in [3.05, 3.63) is 102 Å². The smallest absolute Gasteiger partial charge is 0.255 e. The summed E-state index contributed by atoms with van der Waals surface area (Å²) in [6.07, 6.45) is 1.60. The second kappa shape index (κ2) is 8.53. The Morgan fingerprint density at radius 3 is 2.53 bits per heavy atom. The van der Waals surface area contributed by atoms with Crippen molar-refractivity contribution in [3.8, 4) is 11.4 Å². The Labute approximate surface area is 173 Å². The first-order valence-electron chi connectivity index (χ1n) is 9.41.